The molecule has 31 heavy (non-hydrogen) atoms. The zero-order valence-electron chi connectivity index (χ0n) is 18.6. The van der Waals surface area contributed by atoms with Crippen LogP contribution in [-0.2, 0) is 9.59 Å². The molecular weight excluding hydrogens is 394 g/mol. The molecule has 0 bridgehead atoms. The number of hydrogen-bond acceptors (Lipinski definition) is 6. The number of allylic oxidation sites excluding steroid dienone is 1. The summed E-state index contributed by atoms with van der Waals surface area (Å²) < 4.78 is 10.5. The van der Waals surface area contributed by atoms with E-state index in [-0.39, 0.29) is 18.0 Å². The Morgan fingerprint density at radius 3 is 1.94 bits per heavy atom. The normalized spacial score (nSPS) is 23.3. The second-order valence-corrected chi connectivity index (χ2v) is 8.18. The summed E-state index contributed by atoms with van der Waals surface area (Å²) in [5.41, 5.74) is 1.33. The maximum Gasteiger partial charge on any atom is 0.158 e. The third-order valence-corrected chi connectivity index (χ3v) is 5.85. The number of benzene rings is 2. The first-order chi connectivity index (χ1) is 14.7. The van der Waals surface area contributed by atoms with Crippen LogP contribution in [0, 0.1) is 5.92 Å². The molecule has 2 N–H and O–H groups in total. The topological polar surface area (TPSA) is 84.9 Å². The molecule has 2 aromatic carbocycles. The Kier molecular flexibility index (Phi) is 6.51. The number of hydrogen-bond donors (Lipinski definition) is 2. The lowest BCUT2D eigenvalue weighted by molar-refractivity contribution is -0.131. The molecule has 0 fully saturated rings. The van der Waals surface area contributed by atoms with Gasteiger partial charge < -0.3 is 19.9 Å². The highest BCUT2D eigenvalue weighted by Gasteiger charge is 2.49. The van der Waals surface area contributed by atoms with Crippen molar-refractivity contribution in [2.45, 2.75) is 38.7 Å². The second kappa shape index (κ2) is 8.94. The quantitative estimate of drug-likeness (QED) is 0.697. The molecule has 1 aliphatic rings. The number of aliphatic hydroxyl groups is 1. The average Bonchev–Trinajstić information content (AvgIpc) is 2.72. The lowest BCUT2D eigenvalue weighted by Gasteiger charge is -2.43. The summed E-state index contributed by atoms with van der Waals surface area (Å²) >= 11 is 0. The van der Waals surface area contributed by atoms with Crippen molar-refractivity contribution in [2.75, 3.05) is 19.5 Å². The third kappa shape index (κ3) is 4.64. The lowest BCUT2D eigenvalue weighted by Crippen LogP contribution is -2.48. The van der Waals surface area contributed by atoms with Crippen molar-refractivity contribution < 1.29 is 24.2 Å². The molecule has 0 amide bonds. The summed E-state index contributed by atoms with van der Waals surface area (Å²) in [6.45, 7) is 4.62. The first-order valence-electron chi connectivity index (χ1n) is 10.2. The van der Waals surface area contributed by atoms with Crippen LogP contribution >= 0.6 is 0 Å². The van der Waals surface area contributed by atoms with Gasteiger partial charge in [0.25, 0.3) is 0 Å². The van der Waals surface area contributed by atoms with Crippen molar-refractivity contribution in [1.82, 2.24) is 0 Å². The van der Waals surface area contributed by atoms with Crippen LogP contribution in [0.15, 0.2) is 59.8 Å². The van der Waals surface area contributed by atoms with Crippen LogP contribution < -0.4 is 14.8 Å². The van der Waals surface area contributed by atoms with Gasteiger partial charge in [-0.2, -0.15) is 0 Å². The Morgan fingerprint density at radius 2 is 1.48 bits per heavy atom. The number of Topliss-reactive ketones (excluding diaryl/α,β-unsaturated/α-hetero) is 2. The Morgan fingerprint density at radius 1 is 0.968 bits per heavy atom. The van der Waals surface area contributed by atoms with Gasteiger partial charge in [0.2, 0.25) is 0 Å². The van der Waals surface area contributed by atoms with Crippen molar-refractivity contribution in [1.29, 1.82) is 0 Å². The summed E-state index contributed by atoms with van der Waals surface area (Å²) in [6, 6.07) is 14.6. The van der Waals surface area contributed by atoms with Crippen LogP contribution in [0.25, 0.3) is 0 Å². The Hall–Kier alpha value is -3.12. The van der Waals surface area contributed by atoms with Gasteiger partial charge in [0.15, 0.2) is 5.78 Å². The first kappa shape index (κ1) is 22.6. The Balaban J connectivity index is 2.15. The van der Waals surface area contributed by atoms with Gasteiger partial charge in [-0.15, -0.1) is 0 Å². The van der Waals surface area contributed by atoms with Gasteiger partial charge in [0.05, 0.1) is 25.7 Å². The zero-order chi connectivity index (χ0) is 22.8. The molecule has 0 radical (unpaired) electrons. The highest BCUT2D eigenvalue weighted by atomic mass is 16.5. The summed E-state index contributed by atoms with van der Waals surface area (Å²) in [4.78, 5) is 25.5. The van der Waals surface area contributed by atoms with Gasteiger partial charge in [-0.25, -0.2) is 0 Å². The van der Waals surface area contributed by atoms with Crippen molar-refractivity contribution in [3.05, 3.63) is 65.4 Å². The van der Waals surface area contributed by atoms with Crippen molar-refractivity contribution in [3.63, 3.8) is 0 Å². The number of carbonyl (C=O) groups is 2. The van der Waals surface area contributed by atoms with E-state index in [2.05, 4.69) is 5.32 Å². The van der Waals surface area contributed by atoms with Crippen molar-refractivity contribution in [3.8, 4) is 11.5 Å². The van der Waals surface area contributed by atoms with Gasteiger partial charge >= 0.3 is 0 Å². The number of rotatable bonds is 7. The van der Waals surface area contributed by atoms with Gasteiger partial charge in [-0.3, -0.25) is 9.59 Å². The molecule has 1 aliphatic carbocycles. The molecule has 0 unspecified atom stereocenters. The maximum atomic E-state index is 12.9. The Bertz CT molecular complexity index is 990. The van der Waals surface area contributed by atoms with E-state index in [1.807, 2.05) is 36.4 Å². The predicted octanol–water partition coefficient (Wildman–Crippen LogP) is 4.10. The summed E-state index contributed by atoms with van der Waals surface area (Å²) in [5, 5.41) is 14.6. The van der Waals surface area contributed by atoms with Gasteiger partial charge in [0, 0.05) is 29.3 Å². The van der Waals surface area contributed by atoms with Crippen molar-refractivity contribution >= 4 is 17.3 Å². The maximum absolute atomic E-state index is 12.9. The highest BCUT2D eigenvalue weighted by molar-refractivity contribution is 5.98. The third-order valence-electron chi connectivity index (χ3n) is 5.85. The van der Waals surface area contributed by atoms with Gasteiger partial charge in [0.1, 0.15) is 17.3 Å². The molecule has 0 aromatic heterocycles. The van der Waals surface area contributed by atoms with E-state index >= 15 is 0 Å². The van der Waals surface area contributed by atoms with E-state index in [9.17, 15) is 14.7 Å². The predicted molar refractivity (Wildman–Crippen MR) is 119 cm³/mol. The minimum atomic E-state index is -1.33. The molecular formula is C25H29NO5. The van der Waals surface area contributed by atoms with Crippen LogP contribution in [-0.4, -0.2) is 36.5 Å². The number of ketones is 2. The monoisotopic (exact) mass is 423 g/mol. The highest BCUT2D eigenvalue weighted by Crippen LogP contribution is 2.48. The molecule has 3 rings (SSSR count). The minimum Gasteiger partial charge on any atom is -0.497 e. The summed E-state index contributed by atoms with van der Waals surface area (Å²) in [6.07, 6.45) is 0.158. The number of carbonyl (C=O) groups excluding carboxylic acids is 2. The average molecular weight is 424 g/mol. The SMILES string of the molecule is COc1ccc(NC2=C(C(C)=O)[C@H](c3ccc(OC)cc3)[C@H](C(C)=O)[C@@](C)(O)C2)cc1. The molecule has 0 spiro atoms. The second-order valence-electron chi connectivity index (χ2n) is 8.18. The smallest absolute Gasteiger partial charge is 0.158 e. The van der Waals surface area contributed by atoms with E-state index in [1.54, 1.807) is 33.3 Å². The lowest BCUT2D eigenvalue weighted by atomic mass is 9.64. The molecule has 164 valence electrons. The van der Waals surface area contributed by atoms with E-state index in [0.717, 1.165) is 17.0 Å². The van der Waals surface area contributed by atoms with Crippen LogP contribution in [0.1, 0.15) is 38.7 Å². The molecule has 0 saturated carbocycles. The standard InChI is InChI=1S/C25H29NO5/c1-15(27)22-21(26-18-8-12-20(31-5)13-9-18)14-25(3,29)24(16(2)28)23(22)17-6-10-19(30-4)11-7-17/h6-13,23-24,26,29H,14H2,1-5H3/t23-,24-,25-/m0/s1. The fourth-order valence-electron chi connectivity index (χ4n) is 4.51. The number of methoxy groups -OCH3 is 2. The number of nitrogens with one attached hydrogen (secondary N) is 1. The van der Waals surface area contributed by atoms with Gasteiger partial charge in [-0.05, 0) is 62.7 Å². The van der Waals surface area contributed by atoms with E-state index in [0.29, 0.717) is 17.0 Å². The fourth-order valence-corrected chi connectivity index (χ4v) is 4.51. The zero-order valence-corrected chi connectivity index (χ0v) is 18.6. The number of anilines is 1. The summed E-state index contributed by atoms with van der Waals surface area (Å²) in [7, 11) is 3.18. The van der Waals surface area contributed by atoms with Crippen LogP contribution in [0.3, 0.4) is 0 Å². The van der Waals surface area contributed by atoms with E-state index < -0.39 is 17.4 Å². The van der Waals surface area contributed by atoms with Crippen LogP contribution in [0.4, 0.5) is 5.69 Å². The van der Waals surface area contributed by atoms with Gasteiger partial charge in [-0.1, -0.05) is 12.1 Å². The fraction of sp³-hybridized carbons (Fsp3) is 0.360. The first-order valence-corrected chi connectivity index (χ1v) is 10.2. The molecule has 0 heterocycles. The molecule has 3 atom stereocenters. The van der Waals surface area contributed by atoms with Crippen LogP contribution in [0.2, 0.25) is 0 Å². The van der Waals surface area contributed by atoms with E-state index in [1.165, 1.54) is 13.8 Å². The summed E-state index contributed by atoms with van der Waals surface area (Å²) in [5.74, 6) is -0.233. The van der Waals surface area contributed by atoms with Crippen molar-refractivity contribution in [2.24, 2.45) is 5.92 Å². The van der Waals surface area contributed by atoms with E-state index in [4.69, 9.17) is 9.47 Å². The molecule has 2 aromatic rings. The Labute approximate surface area is 182 Å². The molecule has 6 heteroatoms. The largest absolute Gasteiger partial charge is 0.497 e. The van der Waals surface area contributed by atoms with Crippen LogP contribution in [0.5, 0.6) is 11.5 Å². The molecule has 6 nitrogen and oxygen atoms in total. The minimum absolute atomic E-state index is 0.140. The molecule has 0 aliphatic heterocycles. The molecule has 0 saturated heterocycles. The number of ether oxygens (including phenoxy) is 2.